The molecule has 184 valence electrons. The van der Waals surface area contributed by atoms with Gasteiger partial charge in [0.05, 0.1) is 29.2 Å². The minimum atomic E-state index is -0.692. The van der Waals surface area contributed by atoms with E-state index in [9.17, 15) is 10.1 Å². The van der Waals surface area contributed by atoms with Gasteiger partial charge in [0.2, 0.25) is 0 Å². The zero-order valence-electron chi connectivity index (χ0n) is 21.1. The second-order valence-corrected chi connectivity index (χ2v) is 9.50. The molecule has 0 saturated carbocycles. The molecule has 0 bridgehead atoms. The molecule has 0 unspecified atom stereocenters. The van der Waals surface area contributed by atoms with Crippen LogP contribution in [-0.4, -0.2) is 21.5 Å². The number of aromatic nitrogens is 2. The van der Waals surface area contributed by atoms with Crippen molar-refractivity contribution >= 4 is 17.9 Å². The molecule has 0 spiro atoms. The molecule has 6 nitrogen and oxygen atoms in total. The van der Waals surface area contributed by atoms with E-state index in [0.717, 1.165) is 16.8 Å². The lowest BCUT2D eigenvalue weighted by molar-refractivity contribution is -0.149. The number of anilines is 1. The van der Waals surface area contributed by atoms with Gasteiger partial charge in [0.1, 0.15) is 11.3 Å². The maximum absolute atomic E-state index is 13.2. The first-order chi connectivity index (χ1) is 17.8. The first kappa shape index (κ1) is 25.3. The maximum Gasteiger partial charge on any atom is 0.355 e. The fourth-order valence-electron chi connectivity index (χ4n) is 3.66. The van der Waals surface area contributed by atoms with Gasteiger partial charge in [-0.1, -0.05) is 72.8 Å². The number of nitrogens with zero attached hydrogens (tertiary/aromatic N) is 3. The van der Waals surface area contributed by atoms with Crippen molar-refractivity contribution < 1.29 is 9.53 Å². The molecule has 0 radical (unpaired) electrons. The van der Waals surface area contributed by atoms with E-state index in [1.165, 1.54) is 0 Å². The third kappa shape index (κ3) is 7.12. The van der Waals surface area contributed by atoms with Crippen LogP contribution in [-0.2, 0) is 16.0 Å². The number of hydrogen-bond acceptors (Lipinski definition) is 6. The van der Waals surface area contributed by atoms with Crippen LogP contribution in [0.5, 0.6) is 0 Å². The molecule has 4 rings (SSSR count). The van der Waals surface area contributed by atoms with Crippen molar-refractivity contribution in [3.05, 3.63) is 119 Å². The molecule has 6 heteroatoms. The van der Waals surface area contributed by atoms with E-state index in [0.29, 0.717) is 29.1 Å². The maximum atomic E-state index is 13.2. The van der Waals surface area contributed by atoms with E-state index in [-0.39, 0.29) is 5.70 Å². The highest BCUT2D eigenvalue weighted by Gasteiger charge is 2.22. The van der Waals surface area contributed by atoms with Crippen LogP contribution in [0.2, 0.25) is 0 Å². The Morgan fingerprint density at radius 3 is 2.38 bits per heavy atom. The van der Waals surface area contributed by atoms with Crippen LogP contribution in [0.3, 0.4) is 0 Å². The summed E-state index contributed by atoms with van der Waals surface area (Å²) in [6, 6.07) is 29.0. The van der Waals surface area contributed by atoms with E-state index in [4.69, 9.17) is 9.72 Å². The van der Waals surface area contributed by atoms with Crippen molar-refractivity contribution in [1.29, 1.82) is 5.26 Å². The highest BCUT2D eigenvalue weighted by Crippen LogP contribution is 2.24. The van der Waals surface area contributed by atoms with Gasteiger partial charge in [-0.05, 0) is 50.1 Å². The third-order valence-corrected chi connectivity index (χ3v) is 5.33. The lowest BCUT2D eigenvalue weighted by atomic mass is 10.1. The number of hydrogen-bond donors (Lipinski definition) is 1. The Hall–Kier alpha value is -4.76. The molecule has 0 saturated heterocycles. The fraction of sp³-hybridized carbons (Fsp3) is 0.161. The standard InChI is InChI=1S/C31H28N4O2/c1-31(2,3)37-30(36)27(19-23-13-10-14-24(17-23)20-32)35-29-26(18-22-11-6-4-7-12-22)34-28(21-33-29)25-15-8-5-9-16-25/h4-17,19,21H,18H2,1-3H3,(H,33,35)/b27-19+. The first-order valence-electron chi connectivity index (χ1n) is 12.0. The summed E-state index contributed by atoms with van der Waals surface area (Å²) in [5, 5.41) is 12.5. The zero-order chi connectivity index (χ0) is 26.3. The summed E-state index contributed by atoms with van der Waals surface area (Å²) in [6.45, 7) is 5.44. The van der Waals surface area contributed by atoms with E-state index in [2.05, 4.69) is 16.4 Å². The number of benzene rings is 3. The van der Waals surface area contributed by atoms with Crippen LogP contribution in [0, 0.1) is 11.3 Å². The number of rotatable bonds is 7. The number of carbonyl (C=O) groups excluding carboxylic acids is 1. The van der Waals surface area contributed by atoms with Gasteiger partial charge in [0, 0.05) is 12.0 Å². The number of ether oxygens (including phenoxy) is 1. The van der Waals surface area contributed by atoms with Crippen molar-refractivity contribution in [3.63, 3.8) is 0 Å². The molecule has 1 heterocycles. The molecule has 37 heavy (non-hydrogen) atoms. The molecule has 4 aromatic rings. The molecule has 0 atom stereocenters. The van der Waals surface area contributed by atoms with E-state index < -0.39 is 11.6 Å². The number of nitriles is 1. The molecular formula is C31H28N4O2. The summed E-state index contributed by atoms with van der Waals surface area (Å²) in [6.07, 6.45) is 3.87. The van der Waals surface area contributed by atoms with Crippen LogP contribution < -0.4 is 5.32 Å². The van der Waals surface area contributed by atoms with Crippen LogP contribution in [0.25, 0.3) is 17.3 Å². The topological polar surface area (TPSA) is 87.9 Å². The van der Waals surface area contributed by atoms with E-state index >= 15 is 0 Å². The number of esters is 1. The normalized spacial score (nSPS) is 11.5. The van der Waals surface area contributed by atoms with Gasteiger partial charge in [0.25, 0.3) is 0 Å². The summed E-state index contributed by atoms with van der Waals surface area (Å²) in [5.74, 6) is -0.0773. The predicted octanol–water partition coefficient (Wildman–Crippen LogP) is 6.40. The first-order valence-corrected chi connectivity index (χ1v) is 12.0. The largest absolute Gasteiger partial charge is 0.455 e. The van der Waals surface area contributed by atoms with Crippen molar-refractivity contribution in [3.8, 4) is 17.3 Å². The minimum Gasteiger partial charge on any atom is -0.455 e. The highest BCUT2D eigenvalue weighted by molar-refractivity contribution is 5.97. The Bertz CT molecular complexity index is 1450. The van der Waals surface area contributed by atoms with Crippen molar-refractivity contribution in [2.75, 3.05) is 5.32 Å². The Labute approximate surface area is 217 Å². The Morgan fingerprint density at radius 1 is 1.00 bits per heavy atom. The van der Waals surface area contributed by atoms with Crippen LogP contribution in [0.1, 0.15) is 43.2 Å². The van der Waals surface area contributed by atoms with Gasteiger partial charge in [0.15, 0.2) is 5.82 Å². The van der Waals surface area contributed by atoms with Gasteiger partial charge in [-0.2, -0.15) is 5.26 Å². The predicted molar refractivity (Wildman–Crippen MR) is 145 cm³/mol. The Morgan fingerprint density at radius 2 is 1.70 bits per heavy atom. The molecule has 0 amide bonds. The minimum absolute atomic E-state index is 0.195. The van der Waals surface area contributed by atoms with Gasteiger partial charge >= 0.3 is 5.97 Å². The number of nitrogens with one attached hydrogen (secondary N) is 1. The van der Waals surface area contributed by atoms with Gasteiger partial charge < -0.3 is 10.1 Å². The summed E-state index contributed by atoms with van der Waals surface area (Å²) in [7, 11) is 0. The molecular weight excluding hydrogens is 460 g/mol. The summed E-state index contributed by atoms with van der Waals surface area (Å²) in [4.78, 5) is 22.8. The summed E-state index contributed by atoms with van der Waals surface area (Å²) < 4.78 is 5.67. The fourth-order valence-corrected chi connectivity index (χ4v) is 3.66. The van der Waals surface area contributed by atoms with Crippen molar-refractivity contribution in [1.82, 2.24) is 9.97 Å². The Balaban J connectivity index is 1.77. The van der Waals surface area contributed by atoms with E-state index in [1.807, 2.05) is 87.5 Å². The molecule has 1 aromatic heterocycles. The van der Waals surface area contributed by atoms with Gasteiger partial charge in [-0.25, -0.2) is 14.8 Å². The highest BCUT2D eigenvalue weighted by atomic mass is 16.6. The molecule has 0 aliphatic carbocycles. The second-order valence-electron chi connectivity index (χ2n) is 9.50. The molecule has 0 aliphatic heterocycles. The lowest BCUT2D eigenvalue weighted by Gasteiger charge is -2.21. The average Bonchev–Trinajstić information content (AvgIpc) is 2.89. The second kappa shape index (κ2) is 11.3. The smallest absolute Gasteiger partial charge is 0.355 e. The molecule has 1 N–H and O–H groups in total. The van der Waals surface area contributed by atoms with Crippen LogP contribution >= 0.6 is 0 Å². The van der Waals surface area contributed by atoms with Crippen molar-refractivity contribution in [2.45, 2.75) is 32.8 Å². The van der Waals surface area contributed by atoms with Gasteiger partial charge in [-0.15, -0.1) is 0 Å². The quantitative estimate of drug-likeness (QED) is 0.239. The van der Waals surface area contributed by atoms with Crippen LogP contribution in [0.15, 0.2) is 96.8 Å². The molecule has 0 aliphatic rings. The molecule has 3 aromatic carbocycles. The average molecular weight is 489 g/mol. The lowest BCUT2D eigenvalue weighted by Crippen LogP contribution is -2.27. The monoisotopic (exact) mass is 488 g/mol. The van der Waals surface area contributed by atoms with Crippen molar-refractivity contribution in [2.24, 2.45) is 0 Å². The summed E-state index contributed by atoms with van der Waals surface area (Å²) >= 11 is 0. The van der Waals surface area contributed by atoms with Gasteiger partial charge in [-0.3, -0.25) is 0 Å². The van der Waals surface area contributed by atoms with E-state index in [1.54, 1.807) is 30.5 Å². The molecule has 0 fully saturated rings. The van der Waals surface area contributed by atoms with Crippen LogP contribution in [0.4, 0.5) is 5.82 Å². The summed E-state index contributed by atoms with van der Waals surface area (Å²) in [5.41, 5.74) is 4.12. The SMILES string of the molecule is CC(C)(C)OC(=O)/C(=C\c1cccc(C#N)c1)Nc1ncc(-c2ccccc2)nc1Cc1ccccc1. The number of carbonyl (C=O) groups is 1. The Kier molecular flexibility index (Phi) is 7.75. The zero-order valence-corrected chi connectivity index (χ0v) is 21.1. The third-order valence-electron chi connectivity index (χ3n) is 5.33.